The Bertz CT molecular complexity index is 496. The van der Waals surface area contributed by atoms with E-state index in [1.807, 2.05) is 6.92 Å². The standard InChI is InChI=1S/C13H17N3O3/c1-13(7-4-8-14-9-13)12(17)15-10-5-2-3-6-11(10)16(18)19/h2-3,5-6,14H,4,7-9H2,1H3,(H,15,17). The van der Waals surface area contributed by atoms with Gasteiger partial charge in [0.05, 0.1) is 10.3 Å². The molecule has 1 fully saturated rings. The third-order valence-electron chi connectivity index (χ3n) is 3.49. The molecule has 102 valence electrons. The van der Waals surface area contributed by atoms with E-state index in [-0.39, 0.29) is 17.3 Å². The van der Waals surface area contributed by atoms with Crippen LogP contribution < -0.4 is 10.6 Å². The predicted octanol–water partition coefficient (Wildman–Crippen LogP) is 1.92. The lowest BCUT2D eigenvalue weighted by atomic mass is 9.82. The molecule has 6 heteroatoms. The van der Waals surface area contributed by atoms with E-state index < -0.39 is 10.3 Å². The maximum absolute atomic E-state index is 12.3. The van der Waals surface area contributed by atoms with Crippen LogP contribution in [0.15, 0.2) is 24.3 Å². The predicted molar refractivity (Wildman–Crippen MR) is 71.9 cm³/mol. The van der Waals surface area contributed by atoms with Gasteiger partial charge >= 0.3 is 0 Å². The average molecular weight is 263 g/mol. The van der Waals surface area contributed by atoms with Crippen molar-refractivity contribution in [3.05, 3.63) is 34.4 Å². The summed E-state index contributed by atoms with van der Waals surface area (Å²) < 4.78 is 0. The summed E-state index contributed by atoms with van der Waals surface area (Å²) in [6, 6.07) is 6.19. The molecule has 0 bridgehead atoms. The van der Waals surface area contributed by atoms with E-state index >= 15 is 0 Å². The highest BCUT2D eigenvalue weighted by Gasteiger charge is 2.35. The van der Waals surface area contributed by atoms with E-state index in [4.69, 9.17) is 0 Å². The van der Waals surface area contributed by atoms with Crippen LogP contribution in [0.25, 0.3) is 0 Å². The lowest BCUT2D eigenvalue weighted by Crippen LogP contribution is -2.46. The lowest BCUT2D eigenvalue weighted by Gasteiger charge is -2.32. The highest BCUT2D eigenvalue weighted by atomic mass is 16.6. The molecule has 1 atom stereocenters. The molecule has 1 heterocycles. The molecule has 19 heavy (non-hydrogen) atoms. The van der Waals surface area contributed by atoms with Gasteiger partial charge in [0.25, 0.3) is 5.69 Å². The van der Waals surface area contributed by atoms with E-state index in [9.17, 15) is 14.9 Å². The van der Waals surface area contributed by atoms with Crippen LogP contribution in [-0.2, 0) is 4.79 Å². The van der Waals surface area contributed by atoms with Crippen LogP contribution >= 0.6 is 0 Å². The molecule has 1 amide bonds. The molecule has 0 saturated carbocycles. The topological polar surface area (TPSA) is 84.3 Å². The van der Waals surface area contributed by atoms with Crippen LogP contribution in [0.2, 0.25) is 0 Å². The van der Waals surface area contributed by atoms with Gasteiger partial charge in [-0.15, -0.1) is 0 Å². The Morgan fingerprint density at radius 2 is 2.21 bits per heavy atom. The molecule has 1 aliphatic rings. The molecule has 1 aromatic rings. The zero-order chi connectivity index (χ0) is 13.9. The molecule has 1 unspecified atom stereocenters. The number of nitro benzene ring substituents is 1. The number of para-hydroxylation sites is 2. The summed E-state index contributed by atoms with van der Waals surface area (Å²) in [5.41, 5.74) is -0.338. The van der Waals surface area contributed by atoms with Crippen LogP contribution in [-0.4, -0.2) is 23.9 Å². The number of rotatable bonds is 3. The molecule has 0 aliphatic carbocycles. The number of amides is 1. The number of nitro groups is 1. The van der Waals surface area contributed by atoms with Gasteiger partial charge in [0.1, 0.15) is 5.69 Å². The summed E-state index contributed by atoms with van der Waals surface area (Å²) >= 11 is 0. The highest BCUT2D eigenvalue weighted by molar-refractivity contribution is 5.97. The van der Waals surface area contributed by atoms with Gasteiger partial charge in [0, 0.05) is 12.6 Å². The highest BCUT2D eigenvalue weighted by Crippen LogP contribution is 2.30. The number of nitrogens with one attached hydrogen (secondary N) is 2. The minimum Gasteiger partial charge on any atom is -0.320 e. The van der Waals surface area contributed by atoms with Gasteiger partial charge in [-0.1, -0.05) is 12.1 Å². The first-order valence-electron chi connectivity index (χ1n) is 6.28. The minimum absolute atomic E-state index is 0.0804. The quantitative estimate of drug-likeness (QED) is 0.644. The van der Waals surface area contributed by atoms with Gasteiger partial charge < -0.3 is 10.6 Å². The van der Waals surface area contributed by atoms with Crippen molar-refractivity contribution in [2.24, 2.45) is 5.41 Å². The summed E-state index contributed by atoms with van der Waals surface area (Å²) in [6.45, 7) is 3.39. The second kappa shape index (κ2) is 5.36. The number of benzene rings is 1. The lowest BCUT2D eigenvalue weighted by molar-refractivity contribution is -0.383. The van der Waals surface area contributed by atoms with Crippen molar-refractivity contribution < 1.29 is 9.72 Å². The summed E-state index contributed by atoms with van der Waals surface area (Å²) in [4.78, 5) is 22.7. The second-order valence-corrected chi connectivity index (χ2v) is 5.07. The summed E-state index contributed by atoms with van der Waals surface area (Å²) in [5, 5.41) is 16.8. The van der Waals surface area contributed by atoms with E-state index in [0.29, 0.717) is 6.54 Å². The third kappa shape index (κ3) is 2.90. The van der Waals surface area contributed by atoms with E-state index in [0.717, 1.165) is 19.4 Å². The number of nitrogens with zero attached hydrogens (tertiary/aromatic N) is 1. The van der Waals surface area contributed by atoms with Crippen LogP contribution in [0.4, 0.5) is 11.4 Å². The van der Waals surface area contributed by atoms with Gasteiger partial charge in [-0.25, -0.2) is 0 Å². The Kier molecular flexibility index (Phi) is 3.80. The number of carbonyl (C=O) groups excluding carboxylic acids is 1. The van der Waals surface area contributed by atoms with Crippen LogP contribution in [0.3, 0.4) is 0 Å². The van der Waals surface area contributed by atoms with Crippen LogP contribution in [0.5, 0.6) is 0 Å². The molecule has 1 aromatic carbocycles. The fraction of sp³-hybridized carbons (Fsp3) is 0.462. The molecule has 2 rings (SSSR count). The van der Waals surface area contributed by atoms with Crippen LogP contribution in [0.1, 0.15) is 19.8 Å². The molecule has 1 aliphatic heterocycles. The fourth-order valence-electron chi connectivity index (χ4n) is 2.26. The Hall–Kier alpha value is -1.95. The van der Waals surface area contributed by atoms with Crippen molar-refractivity contribution in [2.45, 2.75) is 19.8 Å². The average Bonchev–Trinajstić information content (AvgIpc) is 2.40. The maximum atomic E-state index is 12.3. The van der Waals surface area contributed by atoms with Crippen molar-refractivity contribution in [3.8, 4) is 0 Å². The molecule has 0 radical (unpaired) electrons. The van der Waals surface area contributed by atoms with Crippen molar-refractivity contribution in [3.63, 3.8) is 0 Å². The maximum Gasteiger partial charge on any atom is 0.292 e. The first kappa shape index (κ1) is 13.5. The number of carbonyl (C=O) groups is 1. The number of hydrogen-bond acceptors (Lipinski definition) is 4. The van der Waals surface area contributed by atoms with Gasteiger partial charge in [0.15, 0.2) is 0 Å². The monoisotopic (exact) mass is 263 g/mol. The van der Waals surface area contributed by atoms with Gasteiger partial charge in [0.2, 0.25) is 5.91 Å². The van der Waals surface area contributed by atoms with E-state index in [1.165, 1.54) is 6.07 Å². The Labute approximate surface area is 111 Å². The molecular weight excluding hydrogens is 246 g/mol. The third-order valence-corrected chi connectivity index (χ3v) is 3.49. The Morgan fingerprint density at radius 3 is 2.84 bits per heavy atom. The SMILES string of the molecule is CC1(C(=O)Nc2ccccc2[N+](=O)[O-])CCCNC1. The zero-order valence-corrected chi connectivity index (χ0v) is 10.8. The van der Waals surface area contributed by atoms with Gasteiger partial charge in [-0.2, -0.15) is 0 Å². The van der Waals surface area contributed by atoms with Gasteiger partial charge in [-0.3, -0.25) is 14.9 Å². The number of anilines is 1. The largest absolute Gasteiger partial charge is 0.320 e. The van der Waals surface area contributed by atoms with Crippen molar-refractivity contribution in [1.82, 2.24) is 5.32 Å². The fourth-order valence-corrected chi connectivity index (χ4v) is 2.26. The molecule has 0 aromatic heterocycles. The molecule has 2 N–H and O–H groups in total. The van der Waals surface area contributed by atoms with Gasteiger partial charge in [-0.05, 0) is 32.4 Å². The summed E-state index contributed by atoms with van der Waals surface area (Å²) in [5.74, 6) is -0.172. The first-order valence-corrected chi connectivity index (χ1v) is 6.28. The van der Waals surface area contributed by atoms with Crippen molar-refractivity contribution >= 4 is 17.3 Å². The molecule has 6 nitrogen and oxygen atoms in total. The van der Waals surface area contributed by atoms with E-state index in [1.54, 1.807) is 18.2 Å². The molecule has 1 saturated heterocycles. The van der Waals surface area contributed by atoms with Crippen molar-refractivity contribution in [2.75, 3.05) is 18.4 Å². The smallest absolute Gasteiger partial charge is 0.292 e. The molecular formula is C13H17N3O3. The minimum atomic E-state index is -0.512. The number of hydrogen-bond donors (Lipinski definition) is 2. The molecule has 0 spiro atoms. The second-order valence-electron chi connectivity index (χ2n) is 5.07. The Balaban J connectivity index is 2.17. The van der Waals surface area contributed by atoms with Crippen LogP contribution in [0, 0.1) is 15.5 Å². The van der Waals surface area contributed by atoms with Crippen molar-refractivity contribution in [1.29, 1.82) is 0 Å². The zero-order valence-electron chi connectivity index (χ0n) is 10.8. The summed E-state index contributed by atoms with van der Waals surface area (Å²) in [7, 11) is 0. The Morgan fingerprint density at radius 1 is 1.47 bits per heavy atom. The first-order chi connectivity index (χ1) is 9.03. The van der Waals surface area contributed by atoms with E-state index in [2.05, 4.69) is 10.6 Å². The normalized spacial score (nSPS) is 22.8. The number of piperidine rings is 1. The summed E-state index contributed by atoms with van der Waals surface area (Å²) in [6.07, 6.45) is 1.72.